The van der Waals surface area contributed by atoms with Crippen molar-refractivity contribution in [1.82, 2.24) is 15.1 Å². The zero-order valence-corrected chi connectivity index (χ0v) is 16.4. The molecule has 1 aliphatic rings. The number of amides is 1. The first-order valence-corrected chi connectivity index (χ1v) is 10.7. The van der Waals surface area contributed by atoms with E-state index in [9.17, 15) is 9.18 Å². The van der Waals surface area contributed by atoms with Gasteiger partial charge in [-0.25, -0.2) is 4.39 Å². The third-order valence-electron chi connectivity index (χ3n) is 4.26. The minimum Gasteiger partial charge on any atom is -0.300 e. The van der Waals surface area contributed by atoms with Gasteiger partial charge in [-0.1, -0.05) is 42.2 Å². The Morgan fingerprint density at radius 1 is 1.38 bits per heavy atom. The van der Waals surface area contributed by atoms with Crippen LogP contribution >= 0.6 is 23.1 Å². The van der Waals surface area contributed by atoms with Crippen LogP contribution in [-0.4, -0.2) is 39.8 Å². The highest BCUT2D eigenvalue weighted by molar-refractivity contribution is 8.01. The van der Waals surface area contributed by atoms with Gasteiger partial charge in [0.25, 0.3) is 0 Å². The number of aromatic nitrogens is 2. The van der Waals surface area contributed by atoms with Crippen molar-refractivity contribution >= 4 is 34.1 Å². The highest BCUT2D eigenvalue weighted by Gasteiger charge is 2.26. The van der Waals surface area contributed by atoms with Crippen LogP contribution < -0.4 is 5.32 Å². The van der Waals surface area contributed by atoms with Crippen molar-refractivity contribution in [1.29, 1.82) is 0 Å². The Labute approximate surface area is 161 Å². The number of nitrogens with one attached hydrogen (secondary N) is 1. The van der Waals surface area contributed by atoms with E-state index in [2.05, 4.69) is 27.3 Å². The molecule has 5 nitrogen and oxygen atoms in total. The summed E-state index contributed by atoms with van der Waals surface area (Å²) in [5, 5.41) is 11.7. The van der Waals surface area contributed by atoms with Gasteiger partial charge in [-0.05, 0) is 43.5 Å². The molecule has 1 N–H and O–H groups in total. The summed E-state index contributed by atoms with van der Waals surface area (Å²) in [5.41, 5.74) is 1.06. The normalized spacial score (nSPS) is 18.0. The summed E-state index contributed by atoms with van der Waals surface area (Å²) < 4.78 is 13.9. The van der Waals surface area contributed by atoms with Gasteiger partial charge in [-0.2, -0.15) is 0 Å². The molecule has 0 bridgehead atoms. The Bertz CT molecular complexity index is 722. The first kappa shape index (κ1) is 19.3. The van der Waals surface area contributed by atoms with Crippen molar-refractivity contribution in [3.63, 3.8) is 0 Å². The second-order valence-electron chi connectivity index (χ2n) is 6.41. The van der Waals surface area contributed by atoms with Gasteiger partial charge in [-0.15, -0.1) is 10.2 Å². The van der Waals surface area contributed by atoms with Gasteiger partial charge in [0.15, 0.2) is 4.34 Å². The van der Waals surface area contributed by atoms with Crippen molar-refractivity contribution in [3.05, 3.63) is 35.6 Å². The molecular weight excluding hydrogens is 371 g/mol. The quantitative estimate of drug-likeness (QED) is 0.568. The zero-order chi connectivity index (χ0) is 18.4. The Morgan fingerprint density at radius 2 is 2.19 bits per heavy atom. The third-order valence-corrected chi connectivity index (χ3v) is 6.44. The summed E-state index contributed by atoms with van der Waals surface area (Å²) >= 11 is 3.09. The highest BCUT2D eigenvalue weighted by atomic mass is 32.2. The Hall–Kier alpha value is -1.51. The minimum absolute atomic E-state index is 0.0111. The molecule has 0 unspecified atom stereocenters. The number of benzene rings is 1. The van der Waals surface area contributed by atoms with E-state index in [1.165, 1.54) is 23.5 Å². The van der Waals surface area contributed by atoms with E-state index in [4.69, 9.17) is 0 Å². The molecule has 0 saturated carbocycles. The van der Waals surface area contributed by atoms with Gasteiger partial charge in [-0.3, -0.25) is 9.69 Å². The second kappa shape index (κ2) is 9.43. The largest absolute Gasteiger partial charge is 0.300 e. The molecule has 0 aliphatic carbocycles. The molecule has 2 aromatic rings. The fourth-order valence-electron chi connectivity index (χ4n) is 2.98. The Kier molecular flexibility index (Phi) is 6.99. The van der Waals surface area contributed by atoms with E-state index < -0.39 is 0 Å². The van der Waals surface area contributed by atoms with Crippen LogP contribution in [-0.2, 0) is 11.3 Å². The Morgan fingerprint density at radius 3 is 2.96 bits per heavy atom. The number of thioether (sulfide) groups is 1. The maximum absolute atomic E-state index is 13.0. The van der Waals surface area contributed by atoms with Crippen molar-refractivity contribution in [2.24, 2.45) is 5.92 Å². The van der Waals surface area contributed by atoms with E-state index >= 15 is 0 Å². The molecule has 1 saturated heterocycles. The van der Waals surface area contributed by atoms with E-state index in [0.29, 0.717) is 11.7 Å². The van der Waals surface area contributed by atoms with E-state index in [0.717, 1.165) is 48.0 Å². The van der Waals surface area contributed by atoms with Crippen molar-refractivity contribution in [3.8, 4) is 0 Å². The molecule has 2 heterocycles. The molecule has 1 amide bonds. The number of rotatable bonds is 7. The third kappa shape index (κ3) is 5.49. The van der Waals surface area contributed by atoms with Gasteiger partial charge in [0, 0.05) is 18.8 Å². The van der Waals surface area contributed by atoms with Crippen LogP contribution in [0.15, 0.2) is 28.6 Å². The van der Waals surface area contributed by atoms with Crippen LogP contribution in [0.25, 0.3) is 0 Å². The fraction of sp³-hybridized carbons (Fsp3) is 0.500. The first-order chi connectivity index (χ1) is 12.6. The monoisotopic (exact) mass is 394 g/mol. The average molecular weight is 395 g/mol. The second-order valence-corrected chi connectivity index (χ2v) is 8.73. The number of hydrogen-bond acceptors (Lipinski definition) is 6. The SMILES string of the molecule is CCCSc1nnc(NC(=O)[C@@H]2CCCN(Cc3ccc(F)cc3)C2)s1. The fourth-order valence-corrected chi connectivity index (χ4v) is 4.66. The molecule has 0 radical (unpaired) electrons. The molecule has 1 aliphatic heterocycles. The number of carbonyl (C=O) groups excluding carboxylic acids is 1. The molecule has 1 aromatic carbocycles. The number of halogens is 1. The number of nitrogens with zero attached hydrogens (tertiary/aromatic N) is 3. The highest BCUT2D eigenvalue weighted by Crippen LogP contribution is 2.27. The van der Waals surface area contributed by atoms with Crippen LogP contribution in [0, 0.1) is 11.7 Å². The lowest BCUT2D eigenvalue weighted by Crippen LogP contribution is -2.40. The molecule has 140 valence electrons. The smallest absolute Gasteiger partial charge is 0.230 e. The van der Waals surface area contributed by atoms with E-state index in [-0.39, 0.29) is 17.6 Å². The number of carbonyl (C=O) groups is 1. The summed E-state index contributed by atoms with van der Waals surface area (Å²) in [4.78, 5) is 14.8. The molecule has 0 spiro atoms. The predicted octanol–water partition coefficient (Wildman–Crippen LogP) is 4.03. The van der Waals surface area contributed by atoms with E-state index in [1.54, 1.807) is 23.9 Å². The average Bonchev–Trinajstić information content (AvgIpc) is 3.09. The van der Waals surface area contributed by atoms with E-state index in [1.807, 2.05) is 0 Å². The molecule has 1 fully saturated rings. The van der Waals surface area contributed by atoms with Crippen molar-refractivity contribution in [2.45, 2.75) is 37.1 Å². The van der Waals surface area contributed by atoms with Crippen LogP contribution in [0.4, 0.5) is 9.52 Å². The summed E-state index contributed by atoms with van der Waals surface area (Å²) in [5.74, 6) is 0.735. The lowest BCUT2D eigenvalue weighted by atomic mass is 9.97. The topological polar surface area (TPSA) is 58.1 Å². The molecular formula is C18H23FN4OS2. The van der Waals surface area contributed by atoms with Gasteiger partial charge < -0.3 is 5.32 Å². The van der Waals surface area contributed by atoms with Gasteiger partial charge in [0.05, 0.1) is 5.92 Å². The number of anilines is 1. The maximum Gasteiger partial charge on any atom is 0.230 e. The summed E-state index contributed by atoms with van der Waals surface area (Å²) in [7, 11) is 0. The standard InChI is InChI=1S/C18H23FN4OS2/c1-2-10-25-18-22-21-17(26-18)20-16(24)14-4-3-9-23(12-14)11-13-5-7-15(19)8-6-13/h5-8,14H,2-4,9-12H2,1H3,(H,20,21,24)/t14-/m1/s1. The van der Waals surface area contributed by atoms with Crippen LogP contribution in [0.5, 0.6) is 0 Å². The van der Waals surface area contributed by atoms with Crippen LogP contribution in [0.1, 0.15) is 31.7 Å². The van der Waals surface area contributed by atoms with Crippen LogP contribution in [0.3, 0.4) is 0 Å². The van der Waals surface area contributed by atoms with Crippen molar-refractivity contribution < 1.29 is 9.18 Å². The Balaban J connectivity index is 1.52. The van der Waals surface area contributed by atoms with Gasteiger partial charge >= 0.3 is 0 Å². The van der Waals surface area contributed by atoms with Gasteiger partial charge in [0.2, 0.25) is 11.0 Å². The molecule has 3 rings (SSSR count). The predicted molar refractivity (Wildman–Crippen MR) is 104 cm³/mol. The molecule has 8 heteroatoms. The lowest BCUT2D eigenvalue weighted by molar-refractivity contribution is -0.121. The van der Waals surface area contributed by atoms with Crippen LogP contribution in [0.2, 0.25) is 0 Å². The minimum atomic E-state index is -0.224. The number of piperidine rings is 1. The summed E-state index contributed by atoms with van der Waals surface area (Å²) in [6.45, 7) is 4.52. The maximum atomic E-state index is 13.0. The number of likely N-dealkylation sites (tertiary alicyclic amines) is 1. The lowest BCUT2D eigenvalue weighted by Gasteiger charge is -2.31. The molecule has 1 atom stereocenters. The summed E-state index contributed by atoms with van der Waals surface area (Å²) in [6.07, 6.45) is 2.94. The van der Waals surface area contributed by atoms with Gasteiger partial charge in [0.1, 0.15) is 5.82 Å². The molecule has 1 aromatic heterocycles. The summed E-state index contributed by atoms with van der Waals surface area (Å²) in [6, 6.07) is 6.56. The number of hydrogen-bond donors (Lipinski definition) is 1. The molecule has 26 heavy (non-hydrogen) atoms. The van der Waals surface area contributed by atoms with Crippen molar-refractivity contribution in [2.75, 3.05) is 24.2 Å². The zero-order valence-electron chi connectivity index (χ0n) is 14.8. The first-order valence-electron chi connectivity index (χ1n) is 8.88.